The average molecular weight is 288 g/mol. The third kappa shape index (κ3) is 3.66. The van der Waals surface area contributed by atoms with E-state index in [9.17, 15) is 4.79 Å². The maximum atomic E-state index is 11.0. The summed E-state index contributed by atoms with van der Waals surface area (Å²) in [6.07, 6.45) is 1.45. The highest BCUT2D eigenvalue weighted by Crippen LogP contribution is 2.20. The third-order valence-electron chi connectivity index (χ3n) is 3.52. The molecule has 1 heterocycles. The molecule has 0 saturated carbocycles. The van der Waals surface area contributed by atoms with Crippen molar-refractivity contribution in [3.05, 3.63) is 30.1 Å². The number of aromatic carboxylic acids is 1. The minimum absolute atomic E-state index is 0.228. The molecule has 2 aromatic rings. The number of carboxylic acids is 1. The molecule has 2 N–H and O–H groups in total. The van der Waals surface area contributed by atoms with E-state index in [-0.39, 0.29) is 5.56 Å². The number of benzene rings is 1. The predicted octanol–water partition coefficient (Wildman–Crippen LogP) is 2.08. The summed E-state index contributed by atoms with van der Waals surface area (Å²) in [7, 11) is 2.07. The lowest BCUT2D eigenvalue weighted by Gasteiger charge is -2.21. The minimum atomic E-state index is -0.955. The average Bonchev–Trinajstić information content (AvgIpc) is 2.46. The van der Waals surface area contributed by atoms with Gasteiger partial charge in [-0.2, -0.15) is 0 Å². The van der Waals surface area contributed by atoms with Gasteiger partial charge in [-0.05, 0) is 39.1 Å². The highest BCUT2D eigenvalue weighted by Gasteiger charge is 2.08. The maximum Gasteiger partial charge on any atom is 0.335 e. The van der Waals surface area contributed by atoms with E-state index in [1.54, 1.807) is 18.2 Å². The number of hydrogen-bond donors (Lipinski definition) is 2. The normalized spacial score (nSPS) is 11.3. The summed E-state index contributed by atoms with van der Waals surface area (Å²) in [4.78, 5) is 21.6. The van der Waals surface area contributed by atoms with E-state index in [0.29, 0.717) is 11.6 Å². The zero-order valence-corrected chi connectivity index (χ0v) is 12.5. The highest BCUT2D eigenvalue weighted by atomic mass is 16.4. The van der Waals surface area contributed by atoms with Crippen LogP contribution in [0.1, 0.15) is 24.2 Å². The molecule has 0 aliphatic carbocycles. The van der Waals surface area contributed by atoms with Crippen molar-refractivity contribution in [3.8, 4) is 0 Å². The highest BCUT2D eigenvalue weighted by molar-refractivity contribution is 5.96. The van der Waals surface area contributed by atoms with Crippen LogP contribution in [0.5, 0.6) is 0 Å². The van der Waals surface area contributed by atoms with Crippen molar-refractivity contribution in [2.75, 3.05) is 25.5 Å². The summed E-state index contributed by atoms with van der Waals surface area (Å²) in [5, 5.41) is 13.1. The second-order valence-corrected chi connectivity index (χ2v) is 5.26. The number of rotatable bonds is 6. The lowest BCUT2D eigenvalue weighted by atomic mass is 10.1. The van der Waals surface area contributed by atoms with Gasteiger partial charge in [-0.25, -0.2) is 14.8 Å². The van der Waals surface area contributed by atoms with Gasteiger partial charge in [0.2, 0.25) is 0 Å². The van der Waals surface area contributed by atoms with Gasteiger partial charge in [0.05, 0.1) is 11.1 Å². The van der Waals surface area contributed by atoms with Crippen molar-refractivity contribution >= 4 is 22.7 Å². The molecule has 0 amide bonds. The first kappa shape index (κ1) is 15.2. The Bertz CT molecular complexity index is 643. The van der Waals surface area contributed by atoms with Gasteiger partial charge >= 0.3 is 5.97 Å². The van der Waals surface area contributed by atoms with Gasteiger partial charge < -0.3 is 15.3 Å². The van der Waals surface area contributed by atoms with E-state index < -0.39 is 5.97 Å². The van der Waals surface area contributed by atoms with Crippen molar-refractivity contribution in [2.24, 2.45) is 0 Å². The van der Waals surface area contributed by atoms with E-state index in [4.69, 9.17) is 5.11 Å². The first-order valence-corrected chi connectivity index (χ1v) is 6.91. The molecule has 0 saturated heterocycles. The Balaban J connectivity index is 2.15. The van der Waals surface area contributed by atoms with Crippen molar-refractivity contribution in [1.82, 2.24) is 14.9 Å². The van der Waals surface area contributed by atoms with Gasteiger partial charge in [0.25, 0.3) is 0 Å². The fourth-order valence-electron chi connectivity index (χ4n) is 1.94. The van der Waals surface area contributed by atoms with Gasteiger partial charge in [0.1, 0.15) is 12.1 Å². The second-order valence-electron chi connectivity index (χ2n) is 5.26. The summed E-state index contributed by atoms with van der Waals surface area (Å²) in [6, 6.07) is 5.37. The number of aromatic nitrogens is 2. The van der Waals surface area contributed by atoms with Gasteiger partial charge in [0, 0.05) is 24.5 Å². The third-order valence-corrected chi connectivity index (χ3v) is 3.52. The molecule has 0 radical (unpaired) electrons. The molecule has 0 aliphatic heterocycles. The Kier molecular flexibility index (Phi) is 4.70. The molecule has 0 aliphatic rings. The van der Waals surface area contributed by atoms with E-state index in [2.05, 4.69) is 41.1 Å². The zero-order chi connectivity index (χ0) is 15.4. The number of nitrogens with zero attached hydrogens (tertiary/aromatic N) is 3. The number of likely N-dealkylation sites (N-methyl/N-ethyl adjacent to an activating group) is 1. The van der Waals surface area contributed by atoms with Crippen molar-refractivity contribution in [3.63, 3.8) is 0 Å². The molecule has 0 fully saturated rings. The van der Waals surface area contributed by atoms with Crippen LogP contribution in [0.15, 0.2) is 24.5 Å². The number of hydrogen-bond acceptors (Lipinski definition) is 5. The number of carboxylic acid groups (broad SMARTS) is 1. The van der Waals surface area contributed by atoms with Crippen LogP contribution >= 0.6 is 0 Å². The maximum absolute atomic E-state index is 11.0. The predicted molar refractivity (Wildman–Crippen MR) is 82.8 cm³/mol. The molecule has 0 spiro atoms. The topological polar surface area (TPSA) is 78.3 Å². The van der Waals surface area contributed by atoms with Gasteiger partial charge in [0.15, 0.2) is 0 Å². The summed E-state index contributed by atoms with van der Waals surface area (Å²) in [5.41, 5.74) is 0.858. The Morgan fingerprint density at radius 2 is 2.14 bits per heavy atom. The van der Waals surface area contributed by atoms with Crippen LogP contribution in [-0.2, 0) is 0 Å². The van der Waals surface area contributed by atoms with Gasteiger partial charge in [-0.15, -0.1) is 0 Å². The molecule has 1 aromatic heterocycles. The quantitative estimate of drug-likeness (QED) is 0.847. The molecular formula is C15H20N4O2. The monoisotopic (exact) mass is 288 g/mol. The molecule has 21 heavy (non-hydrogen) atoms. The van der Waals surface area contributed by atoms with E-state index in [0.717, 1.165) is 24.3 Å². The van der Waals surface area contributed by atoms with E-state index >= 15 is 0 Å². The first-order chi connectivity index (χ1) is 9.99. The van der Waals surface area contributed by atoms with Crippen LogP contribution < -0.4 is 5.32 Å². The number of anilines is 1. The van der Waals surface area contributed by atoms with Crippen molar-refractivity contribution in [1.29, 1.82) is 0 Å². The SMILES string of the molecule is CC(C)N(C)CCNc1ncnc2cc(C(=O)O)ccc12. The van der Waals surface area contributed by atoms with Crippen LogP contribution in [0, 0.1) is 0 Å². The Labute approximate surface area is 123 Å². The summed E-state index contributed by atoms with van der Waals surface area (Å²) in [5.74, 6) is -0.224. The molecule has 0 bridgehead atoms. The molecule has 112 valence electrons. The van der Waals surface area contributed by atoms with Gasteiger partial charge in [-0.1, -0.05) is 0 Å². The van der Waals surface area contributed by atoms with Crippen LogP contribution in [0.3, 0.4) is 0 Å². The van der Waals surface area contributed by atoms with E-state index in [1.807, 2.05) is 0 Å². The Hall–Kier alpha value is -2.21. The zero-order valence-electron chi connectivity index (χ0n) is 12.5. The number of carbonyl (C=O) groups is 1. The first-order valence-electron chi connectivity index (χ1n) is 6.91. The van der Waals surface area contributed by atoms with Crippen LogP contribution in [0.25, 0.3) is 10.9 Å². The molecule has 1 aromatic carbocycles. The summed E-state index contributed by atoms with van der Waals surface area (Å²) < 4.78 is 0. The number of nitrogens with one attached hydrogen (secondary N) is 1. The van der Waals surface area contributed by atoms with Crippen molar-refractivity contribution < 1.29 is 9.90 Å². The van der Waals surface area contributed by atoms with Crippen LogP contribution in [0.2, 0.25) is 0 Å². The number of fused-ring (bicyclic) bond motifs is 1. The molecule has 0 atom stereocenters. The summed E-state index contributed by atoms with van der Waals surface area (Å²) >= 11 is 0. The summed E-state index contributed by atoms with van der Waals surface area (Å²) in [6.45, 7) is 5.96. The molecule has 0 unspecified atom stereocenters. The Morgan fingerprint density at radius 1 is 1.38 bits per heavy atom. The van der Waals surface area contributed by atoms with Crippen LogP contribution in [0.4, 0.5) is 5.82 Å². The molecule has 6 heteroatoms. The largest absolute Gasteiger partial charge is 0.478 e. The smallest absolute Gasteiger partial charge is 0.335 e. The molecular weight excluding hydrogens is 268 g/mol. The van der Waals surface area contributed by atoms with Crippen LogP contribution in [-0.4, -0.2) is 52.1 Å². The fraction of sp³-hybridized carbons (Fsp3) is 0.400. The standard InChI is InChI=1S/C15H20N4O2/c1-10(2)19(3)7-6-16-14-12-5-4-11(15(20)21)8-13(12)17-9-18-14/h4-5,8-10H,6-7H2,1-3H3,(H,20,21)(H,16,17,18). The van der Waals surface area contributed by atoms with Gasteiger partial charge in [-0.3, -0.25) is 0 Å². The lowest BCUT2D eigenvalue weighted by Crippen LogP contribution is -2.31. The molecule has 2 rings (SSSR count). The fourth-order valence-corrected chi connectivity index (χ4v) is 1.94. The van der Waals surface area contributed by atoms with E-state index in [1.165, 1.54) is 6.33 Å². The molecule has 6 nitrogen and oxygen atoms in total. The Morgan fingerprint density at radius 3 is 2.81 bits per heavy atom. The lowest BCUT2D eigenvalue weighted by molar-refractivity contribution is 0.0697. The second kappa shape index (κ2) is 6.49. The van der Waals surface area contributed by atoms with Crippen molar-refractivity contribution in [2.45, 2.75) is 19.9 Å². The minimum Gasteiger partial charge on any atom is -0.478 e.